The fraction of sp³-hybridized carbons (Fsp3) is 0.615. The Morgan fingerprint density at radius 2 is 1.55 bits per heavy atom. The highest BCUT2D eigenvalue weighted by atomic mass is 28.4. The normalized spacial score (nSPS) is 22.3. The van der Waals surface area contributed by atoms with Crippen LogP contribution in [0.2, 0.25) is 0 Å². The molecule has 0 aromatic heterocycles. The first-order chi connectivity index (χ1) is 10.2. The zero-order chi connectivity index (χ0) is 16.8. The second kappa shape index (κ2) is 7.70. The van der Waals surface area contributed by atoms with Gasteiger partial charge in [-0.05, 0) is 19.3 Å². The van der Waals surface area contributed by atoms with Crippen LogP contribution in [0.1, 0.15) is 40.0 Å². The van der Waals surface area contributed by atoms with Crippen LogP contribution in [0.15, 0.2) is 11.8 Å². The summed E-state index contributed by atoms with van der Waals surface area (Å²) < 4.78 is 21.0. The number of hydrogen-bond acceptors (Lipinski definition) is 7. The number of hydrogen-bond donors (Lipinski definition) is 0. The third-order valence-electron chi connectivity index (χ3n) is 3.00. The zero-order valence-corrected chi connectivity index (χ0v) is 16.3. The second-order valence-electron chi connectivity index (χ2n) is 5.34. The standard InChI is InChI=1S/C13H22O7Si2/c1-10(14)18-22(19-11(2)15,20-12(3)16)9-7-13(21)6-4-5-8-17-13/h7,9H,4-6,8H2,1-3,21H3. The molecule has 124 valence electrons. The van der Waals surface area contributed by atoms with Crippen molar-refractivity contribution in [3.63, 3.8) is 0 Å². The zero-order valence-electron chi connectivity index (χ0n) is 13.3. The molecule has 0 aromatic carbocycles. The van der Waals surface area contributed by atoms with E-state index in [2.05, 4.69) is 0 Å². The molecular formula is C13H22O7Si2. The Morgan fingerprint density at radius 1 is 1.05 bits per heavy atom. The summed E-state index contributed by atoms with van der Waals surface area (Å²) in [5, 5.41) is -0.434. The Balaban J connectivity index is 3.06. The molecule has 0 saturated carbocycles. The summed E-state index contributed by atoms with van der Waals surface area (Å²) in [7, 11) is -3.19. The van der Waals surface area contributed by atoms with Crippen LogP contribution in [-0.4, -0.2) is 48.8 Å². The van der Waals surface area contributed by atoms with E-state index in [-0.39, 0.29) is 0 Å². The van der Waals surface area contributed by atoms with Crippen LogP contribution >= 0.6 is 0 Å². The Labute approximate surface area is 133 Å². The van der Waals surface area contributed by atoms with Gasteiger partial charge in [-0.15, -0.1) is 0 Å². The Kier molecular flexibility index (Phi) is 6.51. The third-order valence-corrected chi connectivity index (χ3v) is 6.41. The van der Waals surface area contributed by atoms with Crippen LogP contribution in [0.4, 0.5) is 0 Å². The highest BCUT2D eigenvalue weighted by molar-refractivity contribution is 6.70. The molecule has 1 aliphatic rings. The number of rotatable bonds is 5. The lowest BCUT2D eigenvalue weighted by Gasteiger charge is -2.32. The van der Waals surface area contributed by atoms with Crippen molar-refractivity contribution < 1.29 is 32.4 Å². The first kappa shape index (κ1) is 18.6. The summed E-state index contributed by atoms with van der Waals surface area (Å²) in [6, 6.07) is 0. The predicted octanol–water partition coefficient (Wildman–Crippen LogP) is -0.0278. The monoisotopic (exact) mass is 346 g/mol. The lowest BCUT2D eigenvalue weighted by Crippen LogP contribution is -2.49. The lowest BCUT2D eigenvalue weighted by atomic mass is 10.1. The minimum Gasteiger partial charge on any atom is -0.452 e. The molecule has 1 atom stereocenters. The van der Waals surface area contributed by atoms with Crippen LogP contribution in [0.3, 0.4) is 0 Å². The van der Waals surface area contributed by atoms with Crippen molar-refractivity contribution in [2.24, 2.45) is 0 Å². The van der Waals surface area contributed by atoms with Gasteiger partial charge in [0.15, 0.2) is 0 Å². The smallest absolute Gasteiger partial charge is 0.452 e. The van der Waals surface area contributed by atoms with Crippen molar-refractivity contribution in [1.29, 1.82) is 0 Å². The van der Waals surface area contributed by atoms with Gasteiger partial charge in [-0.1, -0.05) is 6.08 Å². The third kappa shape index (κ3) is 6.12. The summed E-state index contributed by atoms with van der Waals surface area (Å²) in [4.78, 5) is 34.0. The topological polar surface area (TPSA) is 88.1 Å². The minimum atomic E-state index is -3.90. The van der Waals surface area contributed by atoms with Gasteiger partial charge in [0.2, 0.25) is 0 Å². The molecule has 1 heterocycles. The summed E-state index contributed by atoms with van der Waals surface area (Å²) in [6.45, 7) is 4.14. The Hall–Kier alpha value is -1.46. The fourth-order valence-electron chi connectivity index (χ4n) is 2.13. The molecule has 0 bridgehead atoms. The molecule has 0 spiro atoms. The molecule has 9 heteroatoms. The van der Waals surface area contributed by atoms with Crippen molar-refractivity contribution in [2.45, 2.75) is 45.3 Å². The van der Waals surface area contributed by atoms with Crippen molar-refractivity contribution in [3.8, 4) is 0 Å². The van der Waals surface area contributed by atoms with Gasteiger partial charge in [-0.3, -0.25) is 14.4 Å². The molecule has 0 N–H and O–H groups in total. The molecule has 0 aromatic rings. The molecule has 0 aliphatic carbocycles. The highest BCUT2D eigenvalue weighted by Crippen LogP contribution is 2.25. The predicted molar refractivity (Wildman–Crippen MR) is 82.7 cm³/mol. The van der Waals surface area contributed by atoms with E-state index in [1.165, 1.54) is 5.70 Å². The maximum Gasteiger partial charge on any atom is 0.735 e. The van der Waals surface area contributed by atoms with Gasteiger partial charge in [-0.2, -0.15) is 0 Å². The van der Waals surface area contributed by atoms with Gasteiger partial charge in [0, 0.05) is 43.3 Å². The summed E-state index contributed by atoms with van der Waals surface area (Å²) in [5.41, 5.74) is 1.40. The van der Waals surface area contributed by atoms with E-state index in [9.17, 15) is 14.4 Å². The molecular weight excluding hydrogens is 324 g/mol. The Bertz CT molecular complexity index is 428. The van der Waals surface area contributed by atoms with E-state index < -0.39 is 31.9 Å². The average Bonchev–Trinajstić information content (AvgIpc) is 2.35. The molecule has 1 aliphatic heterocycles. The molecule has 1 saturated heterocycles. The van der Waals surface area contributed by atoms with Crippen molar-refractivity contribution in [2.75, 3.05) is 6.61 Å². The minimum absolute atomic E-state index is 0.434. The van der Waals surface area contributed by atoms with E-state index in [0.29, 0.717) is 16.8 Å². The van der Waals surface area contributed by atoms with Gasteiger partial charge >= 0.3 is 8.80 Å². The highest BCUT2D eigenvalue weighted by Gasteiger charge is 2.50. The van der Waals surface area contributed by atoms with Gasteiger partial charge in [-0.25, -0.2) is 0 Å². The van der Waals surface area contributed by atoms with Crippen LogP contribution in [-0.2, 0) is 32.4 Å². The largest absolute Gasteiger partial charge is 0.735 e. The number of carbonyl (C=O) groups is 3. The van der Waals surface area contributed by atoms with Crippen LogP contribution in [0, 0.1) is 0 Å². The van der Waals surface area contributed by atoms with Gasteiger partial charge in [0.05, 0.1) is 5.22 Å². The van der Waals surface area contributed by atoms with Crippen molar-refractivity contribution in [1.82, 2.24) is 0 Å². The molecule has 0 amide bonds. The van der Waals surface area contributed by atoms with E-state index in [4.69, 9.17) is 18.0 Å². The van der Waals surface area contributed by atoms with Crippen molar-refractivity contribution in [3.05, 3.63) is 11.8 Å². The van der Waals surface area contributed by atoms with Crippen LogP contribution < -0.4 is 0 Å². The molecule has 1 rings (SSSR count). The number of ether oxygens (including phenoxy) is 1. The second-order valence-corrected chi connectivity index (χ2v) is 9.18. The molecule has 7 nitrogen and oxygen atoms in total. The van der Waals surface area contributed by atoms with Gasteiger partial charge in [0.1, 0.15) is 0 Å². The number of carbonyl (C=O) groups excluding carboxylic acids is 3. The first-order valence-corrected chi connectivity index (χ1v) is 9.90. The average molecular weight is 346 g/mol. The summed E-state index contributed by atoms with van der Waals surface area (Å²) in [6.07, 6.45) is 4.56. The van der Waals surface area contributed by atoms with Crippen molar-refractivity contribution >= 4 is 37.0 Å². The van der Waals surface area contributed by atoms with Crippen LogP contribution in [0.25, 0.3) is 0 Å². The van der Waals surface area contributed by atoms with Gasteiger partial charge in [0.25, 0.3) is 17.9 Å². The first-order valence-electron chi connectivity index (χ1n) is 7.09. The van der Waals surface area contributed by atoms with E-state index in [0.717, 1.165) is 40.0 Å². The van der Waals surface area contributed by atoms with Gasteiger partial charge < -0.3 is 18.0 Å². The fourth-order valence-corrected chi connectivity index (χ4v) is 5.28. The quantitative estimate of drug-likeness (QED) is 0.646. The maximum atomic E-state index is 11.3. The SMILES string of the molecule is CC(=O)O[Si](C=CC1([SiH3])CCCCO1)(OC(C)=O)OC(C)=O. The van der Waals surface area contributed by atoms with E-state index in [1.54, 1.807) is 6.08 Å². The summed E-state index contributed by atoms with van der Waals surface area (Å²) >= 11 is 0. The Morgan fingerprint density at radius 3 is 1.91 bits per heavy atom. The maximum absolute atomic E-state index is 11.3. The lowest BCUT2D eigenvalue weighted by molar-refractivity contribution is -0.146. The van der Waals surface area contributed by atoms with Crippen LogP contribution in [0.5, 0.6) is 0 Å². The van der Waals surface area contributed by atoms with E-state index >= 15 is 0 Å². The molecule has 0 radical (unpaired) electrons. The molecule has 1 unspecified atom stereocenters. The van der Waals surface area contributed by atoms with E-state index in [1.807, 2.05) is 0 Å². The molecule has 22 heavy (non-hydrogen) atoms. The summed E-state index contributed by atoms with van der Waals surface area (Å²) in [5.74, 6) is -2.07. The molecule has 1 fully saturated rings.